The van der Waals surface area contributed by atoms with Gasteiger partial charge in [0.25, 0.3) is 0 Å². The molecule has 1 N–H and O–H groups in total. The maximum absolute atomic E-state index is 13.2. The first-order valence-electron chi connectivity index (χ1n) is 6.74. The van der Waals surface area contributed by atoms with Gasteiger partial charge in [0.05, 0.1) is 0 Å². The minimum absolute atomic E-state index is 0.120. The summed E-state index contributed by atoms with van der Waals surface area (Å²) in [6, 6.07) is 7.04. The highest BCUT2D eigenvalue weighted by Gasteiger charge is 2.30. The first-order valence-corrected chi connectivity index (χ1v) is 6.74. The van der Waals surface area contributed by atoms with E-state index in [0.29, 0.717) is 0 Å². The fraction of sp³-hybridized carbons (Fsp3) is 0.600. The summed E-state index contributed by atoms with van der Waals surface area (Å²) in [5.74, 6) is -0.120. The van der Waals surface area contributed by atoms with Crippen LogP contribution in [-0.4, -0.2) is 12.1 Å². The second-order valence-corrected chi connectivity index (χ2v) is 5.22. The molecule has 1 aliphatic heterocycles. The molecule has 1 fully saturated rings. The van der Waals surface area contributed by atoms with Gasteiger partial charge in [0.1, 0.15) is 5.82 Å². The Hall–Kier alpha value is -0.890. The summed E-state index contributed by atoms with van der Waals surface area (Å²) in [7, 11) is 0. The summed E-state index contributed by atoms with van der Waals surface area (Å²) in [6.07, 6.45) is 7.11. The van der Waals surface area contributed by atoms with Crippen molar-refractivity contribution in [1.82, 2.24) is 5.32 Å². The molecule has 0 amide bonds. The summed E-state index contributed by atoms with van der Waals surface area (Å²) in [4.78, 5) is 0. The van der Waals surface area contributed by atoms with E-state index in [1.165, 1.54) is 38.2 Å². The zero-order valence-electron chi connectivity index (χ0n) is 10.6. The van der Waals surface area contributed by atoms with Crippen molar-refractivity contribution in [3.63, 3.8) is 0 Å². The quantitative estimate of drug-likeness (QED) is 0.839. The van der Waals surface area contributed by atoms with Crippen LogP contribution in [0.1, 0.15) is 44.6 Å². The molecule has 1 unspecified atom stereocenters. The Balaban J connectivity index is 2.11. The lowest BCUT2D eigenvalue weighted by Gasteiger charge is -2.39. The Morgan fingerprint density at radius 1 is 1.35 bits per heavy atom. The van der Waals surface area contributed by atoms with Crippen molar-refractivity contribution in [2.24, 2.45) is 0 Å². The molecule has 1 aromatic carbocycles. The van der Waals surface area contributed by atoms with Crippen molar-refractivity contribution >= 4 is 0 Å². The molecule has 0 saturated carbocycles. The standard InChI is InChI=1S/C15H22FN/c1-2-8-15(9-3-4-10-17-15)12-13-6-5-7-14(16)11-13/h5-7,11,17H,2-4,8-10,12H2,1H3. The molecule has 1 aromatic rings. The molecular weight excluding hydrogens is 213 g/mol. The van der Waals surface area contributed by atoms with Crippen LogP contribution in [0.5, 0.6) is 0 Å². The van der Waals surface area contributed by atoms with Crippen LogP contribution in [0.25, 0.3) is 0 Å². The third-order valence-electron chi connectivity index (χ3n) is 3.74. The lowest BCUT2D eigenvalue weighted by molar-refractivity contribution is 0.233. The number of benzene rings is 1. The van der Waals surface area contributed by atoms with E-state index in [1.807, 2.05) is 12.1 Å². The van der Waals surface area contributed by atoms with Gasteiger partial charge in [-0.3, -0.25) is 0 Å². The van der Waals surface area contributed by atoms with Gasteiger partial charge in [0, 0.05) is 5.54 Å². The molecular formula is C15H22FN. The Morgan fingerprint density at radius 3 is 2.88 bits per heavy atom. The SMILES string of the molecule is CCCC1(Cc2cccc(F)c2)CCCCN1. The summed E-state index contributed by atoms with van der Waals surface area (Å²) in [6.45, 7) is 3.33. The van der Waals surface area contributed by atoms with Gasteiger partial charge < -0.3 is 5.32 Å². The molecule has 1 saturated heterocycles. The van der Waals surface area contributed by atoms with Gasteiger partial charge >= 0.3 is 0 Å². The van der Waals surface area contributed by atoms with Gasteiger partial charge in [0.15, 0.2) is 0 Å². The molecule has 17 heavy (non-hydrogen) atoms. The molecule has 0 aliphatic carbocycles. The maximum Gasteiger partial charge on any atom is 0.123 e. The van der Waals surface area contributed by atoms with E-state index >= 15 is 0 Å². The smallest absolute Gasteiger partial charge is 0.123 e. The van der Waals surface area contributed by atoms with Crippen LogP contribution in [0.2, 0.25) is 0 Å². The average molecular weight is 235 g/mol. The monoisotopic (exact) mass is 235 g/mol. The Kier molecular flexibility index (Phi) is 4.16. The van der Waals surface area contributed by atoms with Crippen LogP contribution in [-0.2, 0) is 6.42 Å². The van der Waals surface area contributed by atoms with Crippen LogP contribution in [0, 0.1) is 5.82 Å². The first kappa shape index (κ1) is 12.6. The molecule has 0 bridgehead atoms. The van der Waals surface area contributed by atoms with E-state index in [0.717, 1.165) is 18.5 Å². The number of rotatable bonds is 4. The minimum Gasteiger partial charge on any atom is -0.311 e. The maximum atomic E-state index is 13.2. The van der Waals surface area contributed by atoms with Gasteiger partial charge in [-0.15, -0.1) is 0 Å². The van der Waals surface area contributed by atoms with Crippen molar-refractivity contribution in [2.45, 2.75) is 51.0 Å². The molecule has 1 aliphatic rings. The number of halogens is 1. The fourth-order valence-electron chi connectivity index (χ4n) is 3.00. The molecule has 1 heterocycles. The van der Waals surface area contributed by atoms with Gasteiger partial charge in [-0.25, -0.2) is 4.39 Å². The van der Waals surface area contributed by atoms with Crippen LogP contribution in [0.3, 0.4) is 0 Å². The number of hydrogen-bond acceptors (Lipinski definition) is 1. The van der Waals surface area contributed by atoms with Crippen molar-refractivity contribution in [3.8, 4) is 0 Å². The van der Waals surface area contributed by atoms with E-state index in [2.05, 4.69) is 12.2 Å². The zero-order chi connectivity index (χ0) is 12.1. The van der Waals surface area contributed by atoms with Gasteiger partial charge in [-0.05, 0) is 49.9 Å². The summed E-state index contributed by atoms with van der Waals surface area (Å²) in [5, 5.41) is 3.68. The molecule has 2 rings (SSSR count). The Labute approximate surface area is 103 Å². The molecule has 0 radical (unpaired) electrons. The van der Waals surface area contributed by atoms with Crippen molar-refractivity contribution in [1.29, 1.82) is 0 Å². The summed E-state index contributed by atoms with van der Waals surface area (Å²) < 4.78 is 13.2. The van der Waals surface area contributed by atoms with Crippen molar-refractivity contribution in [2.75, 3.05) is 6.54 Å². The largest absolute Gasteiger partial charge is 0.311 e. The topological polar surface area (TPSA) is 12.0 Å². The minimum atomic E-state index is -0.120. The normalized spacial score (nSPS) is 24.8. The van der Waals surface area contributed by atoms with E-state index in [1.54, 1.807) is 6.07 Å². The predicted molar refractivity (Wildman–Crippen MR) is 69.6 cm³/mol. The first-order chi connectivity index (χ1) is 8.24. The van der Waals surface area contributed by atoms with Crippen molar-refractivity contribution < 1.29 is 4.39 Å². The second-order valence-electron chi connectivity index (χ2n) is 5.22. The number of hydrogen-bond donors (Lipinski definition) is 1. The Morgan fingerprint density at radius 2 is 2.24 bits per heavy atom. The van der Waals surface area contributed by atoms with Crippen LogP contribution in [0.4, 0.5) is 4.39 Å². The van der Waals surface area contributed by atoms with Gasteiger partial charge in [-0.2, -0.15) is 0 Å². The Bertz CT molecular complexity index is 350. The lowest BCUT2D eigenvalue weighted by atomic mass is 9.80. The second kappa shape index (κ2) is 5.63. The third kappa shape index (κ3) is 3.29. The van der Waals surface area contributed by atoms with Gasteiger partial charge in [0.2, 0.25) is 0 Å². The van der Waals surface area contributed by atoms with E-state index < -0.39 is 0 Å². The lowest BCUT2D eigenvalue weighted by Crippen LogP contribution is -2.50. The van der Waals surface area contributed by atoms with Crippen LogP contribution < -0.4 is 5.32 Å². The average Bonchev–Trinajstić information content (AvgIpc) is 2.30. The van der Waals surface area contributed by atoms with E-state index in [4.69, 9.17) is 0 Å². The fourth-order valence-corrected chi connectivity index (χ4v) is 3.00. The molecule has 94 valence electrons. The highest BCUT2D eigenvalue weighted by Crippen LogP contribution is 2.28. The molecule has 1 atom stereocenters. The van der Waals surface area contributed by atoms with Crippen LogP contribution >= 0.6 is 0 Å². The number of nitrogens with one attached hydrogen (secondary N) is 1. The van der Waals surface area contributed by atoms with E-state index in [9.17, 15) is 4.39 Å². The predicted octanol–water partition coefficient (Wildman–Crippen LogP) is 3.68. The highest BCUT2D eigenvalue weighted by molar-refractivity contribution is 5.19. The molecule has 0 spiro atoms. The molecule has 0 aromatic heterocycles. The van der Waals surface area contributed by atoms with Gasteiger partial charge in [-0.1, -0.05) is 31.9 Å². The number of piperidine rings is 1. The van der Waals surface area contributed by atoms with Crippen molar-refractivity contribution in [3.05, 3.63) is 35.6 Å². The highest BCUT2D eigenvalue weighted by atomic mass is 19.1. The molecule has 1 nitrogen and oxygen atoms in total. The summed E-state index contributed by atoms with van der Waals surface area (Å²) in [5.41, 5.74) is 1.33. The van der Waals surface area contributed by atoms with Crippen LogP contribution in [0.15, 0.2) is 24.3 Å². The molecule has 2 heteroatoms. The third-order valence-corrected chi connectivity index (χ3v) is 3.74. The zero-order valence-corrected chi connectivity index (χ0v) is 10.6. The van der Waals surface area contributed by atoms with E-state index in [-0.39, 0.29) is 11.4 Å². The summed E-state index contributed by atoms with van der Waals surface area (Å²) >= 11 is 0.